The SMILES string of the molecule is CC(=O)O[C@@H]1[C@H](O)[C@@H](COP(=O)(O)OP(=O)(O)O)O[C@H]1n1cnc2c(N)ncnc21. The van der Waals surface area contributed by atoms with Crippen LogP contribution >= 0.6 is 15.6 Å². The van der Waals surface area contributed by atoms with Gasteiger partial charge < -0.3 is 35.0 Å². The highest BCUT2D eigenvalue weighted by Crippen LogP contribution is 2.57. The quantitative estimate of drug-likeness (QED) is 0.237. The van der Waals surface area contributed by atoms with Crippen LogP contribution in [-0.4, -0.2) is 70.2 Å². The minimum absolute atomic E-state index is 0.0667. The van der Waals surface area contributed by atoms with Gasteiger partial charge in [-0.05, 0) is 0 Å². The molecule has 0 bridgehead atoms. The second kappa shape index (κ2) is 8.26. The lowest BCUT2D eigenvalue weighted by Crippen LogP contribution is -2.36. The third-order valence-corrected chi connectivity index (χ3v) is 6.04. The first-order valence-corrected chi connectivity index (χ1v) is 11.1. The first kappa shape index (κ1) is 22.7. The molecule has 3 rings (SSSR count). The highest BCUT2D eigenvalue weighted by atomic mass is 31.3. The number of nitrogens with two attached hydrogens (primary N) is 1. The zero-order valence-electron chi connectivity index (χ0n) is 15.1. The summed E-state index contributed by atoms with van der Waals surface area (Å²) in [7, 11) is -10.5. The van der Waals surface area contributed by atoms with Crippen LogP contribution in [0.2, 0.25) is 0 Å². The molecule has 166 valence electrons. The summed E-state index contributed by atoms with van der Waals surface area (Å²) in [5.74, 6) is -0.692. The number of nitrogen functional groups attached to an aromatic ring is 1. The molecule has 1 aliphatic heterocycles. The molecule has 0 spiro atoms. The van der Waals surface area contributed by atoms with Gasteiger partial charge in [-0.15, -0.1) is 0 Å². The Bertz CT molecular complexity index is 1040. The molecule has 0 amide bonds. The minimum Gasteiger partial charge on any atom is -0.455 e. The molecule has 1 fully saturated rings. The van der Waals surface area contributed by atoms with Crippen molar-refractivity contribution in [3.63, 3.8) is 0 Å². The standard InChI is InChI=1S/C12H17N5O11P2/c1-5(18)26-9-8(19)6(2-25-30(23,24)28-29(20,21)22)27-12(9)17-4-16-7-10(13)14-3-15-11(7)17/h3-4,6,8-9,12,19H,2H2,1H3,(H,23,24)(H2,13,14,15)(H2,20,21,22)/t6-,8-,9-,12-/m1/s1. The summed E-state index contributed by atoms with van der Waals surface area (Å²) in [5, 5.41) is 10.5. The number of imidazole rings is 1. The van der Waals surface area contributed by atoms with Crippen molar-refractivity contribution in [2.24, 2.45) is 0 Å². The number of phosphoric acid groups is 2. The Labute approximate surface area is 167 Å². The number of rotatable bonds is 7. The summed E-state index contributed by atoms with van der Waals surface area (Å²) in [4.78, 5) is 50.0. The Hall–Kier alpha value is -2.00. The van der Waals surface area contributed by atoms with Gasteiger partial charge in [-0.2, -0.15) is 4.31 Å². The average Bonchev–Trinajstić information content (AvgIpc) is 3.14. The fourth-order valence-electron chi connectivity index (χ4n) is 2.78. The Morgan fingerprint density at radius 2 is 2.00 bits per heavy atom. The van der Waals surface area contributed by atoms with Crippen LogP contribution in [0.1, 0.15) is 13.2 Å². The monoisotopic (exact) mass is 469 g/mol. The molecule has 18 heteroatoms. The molecular formula is C12H17N5O11P2. The van der Waals surface area contributed by atoms with E-state index >= 15 is 0 Å². The molecule has 0 aliphatic carbocycles. The van der Waals surface area contributed by atoms with Crippen molar-refractivity contribution in [2.75, 3.05) is 12.3 Å². The summed E-state index contributed by atoms with van der Waals surface area (Å²) < 4.78 is 42.5. The lowest BCUT2D eigenvalue weighted by molar-refractivity contribution is -0.155. The van der Waals surface area contributed by atoms with Crippen molar-refractivity contribution in [3.8, 4) is 0 Å². The van der Waals surface area contributed by atoms with Crippen LogP contribution in [0.15, 0.2) is 12.7 Å². The minimum atomic E-state index is -5.33. The maximum Gasteiger partial charge on any atom is 0.481 e. The number of nitrogens with zero attached hydrogens (tertiary/aromatic N) is 4. The van der Waals surface area contributed by atoms with Crippen LogP contribution in [0, 0.1) is 0 Å². The summed E-state index contributed by atoms with van der Waals surface area (Å²) in [6.07, 6.45) is -3.03. The van der Waals surface area contributed by atoms with Crippen LogP contribution in [0.4, 0.5) is 5.82 Å². The van der Waals surface area contributed by atoms with Crippen molar-refractivity contribution in [1.29, 1.82) is 0 Å². The molecule has 6 N–H and O–H groups in total. The zero-order chi connectivity index (χ0) is 22.3. The van der Waals surface area contributed by atoms with Crippen LogP contribution in [-0.2, 0) is 32.2 Å². The van der Waals surface area contributed by atoms with E-state index in [0.717, 1.165) is 13.3 Å². The first-order chi connectivity index (χ1) is 13.9. The third-order valence-electron chi connectivity index (χ3n) is 3.89. The van der Waals surface area contributed by atoms with E-state index in [2.05, 4.69) is 23.8 Å². The van der Waals surface area contributed by atoms with Gasteiger partial charge in [0.05, 0.1) is 12.9 Å². The topological polar surface area (TPSA) is 239 Å². The molecule has 1 unspecified atom stereocenters. The molecular weight excluding hydrogens is 452 g/mol. The fraction of sp³-hybridized carbons (Fsp3) is 0.500. The normalized spacial score (nSPS) is 26.6. The van der Waals surface area contributed by atoms with E-state index in [1.165, 1.54) is 10.9 Å². The number of aromatic nitrogens is 4. The van der Waals surface area contributed by atoms with E-state index in [4.69, 9.17) is 25.0 Å². The van der Waals surface area contributed by atoms with E-state index in [9.17, 15) is 23.9 Å². The Kier molecular flexibility index (Phi) is 6.25. The van der Waals surface area contributed by atoms with E-state index in [0.29, 0.717) is 0 Å². The van der Waals surface area contributed by atoms with Gasteiger partial charge in [-0.3, -0.25) is 13.9 Å². The maximum atomic E-state index is 11.6. The van der Waals surface area contributed by atoms with Crippen molar-refractivity contribution < 1.29 is 52.0 Å². The van der Waals surface area contributed by atoms with Crippen LogP contribution in [0.5, 0.6) is 0 Å². The van der Waals surface area contributed by atoms with E-state index in [1.807, 2.05) is 0 Å². The molecule has 0 saturated carbocycles. The number of ether oxygens (including phenoxy) is 2. The molecule has 30 heavy (non-hydrogen) atoms. The maximum absolute atomic E-state index is 11.6. The summed E-state index contributed by atoms with van der Waals surface area (Å²) in [6.45, 7) is 0.253. The van der Waals surface area contributed by atoms with Crippen LogP contribution < -0.4 is 5.73 Å². The van der Waals surface area contributed by atoms with Crippen molar-refractivity contribution in [1.82, 2.24) is 19.5 Å². The number of hydrogen-bond donors (Lipinski definition) is 5. The van der Waals surface area contributed by atoms with Gasteiger partial charge >= 0.3 is 21.6 Å². The fourth-order valence-corrected chi connectivity index (χ4v) is 4.38. The molecule has 2 aromatic heterocycles. The Morgan fingerprint density at radius 1 is 1.30 bits per heavy atom. The number of esters is 1. The van der Waals surface area contributed by atoms with Crippen molar-refractivity contribution in [2.45, 2.75) is 31.5 Å². The summed E-state index contributed by atoms with van der Waals surface area (Å²) in [6, 6.07) is 0. The molecule has 1 saturated heterocycles. The molecule has 0 aromatic carbocycles. The predicted molar refractivity (Wildman–Crippen MR) is 94.1 cm³/mol. The zero-order valence-corrected chi connectivity index (χ0v) is 16.9. The van der Waals surface area contributed by atoms with E-state index < -0.39 is 52.8 Å². The Balaban J connectivity index is 1.85. The third kappa shape index (κ3) is 5.00. The first-order valence-electron chi connectivity index (χ1n) is 8.06. The van der Waals surface area contributed by atoms with Gasteiger partial charge in [0.1, 0.15) is 24.1 Å². The van der Waals surface area contributed by atoms with Crippen molar-refractivity contribution in [3.05, 3.63) is 12.7 Å². The van der Waals surface area contributed by atoms with Gasteiger partial charge in [-0.25, -0.2) is 24.1 Å². The highest BCUT2D eigenvalue weighted by Gasteiger charge is 2.48. The molecule has 0 radical (unpaired) electrons. The van der Waals surface area contributed by atoms with Gasteiger partial charge in [0.15, 0.2) is 23.8 Å². The predicted octanol–water partition coefficient (Wildman–Crippen LogP) is -1.18. The number of carbonyl (C=O) groups is 1. The largest absolute Gasteiger partial charge is 0.481 e. The molecule has 1 aliphatic rings. The number of hydrogen-bond acceptors (Lipinski definition) is 12. The van der Waals surface area contributed by atoms with Gasteiger partial charge in [0, 0.05) is 6.92 Å². The summed E-state index contributed by atoms with van der Waals surface area (Å²) >= 11 is 0. The Morgan fingerprint density at radius 3 is 2.63 bits per heavy atom. The second-order valence-corrected chi connectivity index (χ2v) is 8.88. The number of aliphatic hydroxyl groups excluding tert-OH is 1. The average molecular weight is 469 g/mol. The smallest absolute Gasteiger partial charge is 0.455 e. The lowest BCUT2D eigenvalue weighted by Gasteiger charge is -2.21. The molecule has 5 atom stereocenters. The number of phosphoric ester groups is 1. The number of aliphatic hydroxyl groups is 1. The number of carbonyl (C=O) groups excluding carboxylic acids is 1. The van der Waals surface area contributed by atoms with Gasteiger partial charge in [0.25, 0.3) is 0 Å². The lowest BCUT2D eigenvalue weighted by atomic mass is 10.1. The van der Waals surface area contributed by atoms with E-state index in [-0.39, 0.29) is 17.0 Å². The van der Waals surface area contributed by atoms with Crippen molar-refractivity contribution >= 4 is 38.6 Å². The van der Waals surface area contributed by atoms with Crippen LogP contribution in [0.3, 0.4) is 0 Å². The summed E-state index contributed by atoms with van der Waals surface area (Å²) in [5.41, 5.74) is 6.13. The number of anilines is 1. The van der Waals surface area contributed by atoms with Crippen LogP contribution in [0.25, 0.3) is 11.2 Å². The van der Waals surface area contributed by atoms with Gasteiger partial charge in [0.2, 0.25) is 0 Å². The molecule has 3 heterocycles. The van der Waals surface area contributed by atoms with E-state index in [1.54, 1.807) is 0 Å². The van der Waals surface area contributed by atoms with Gasteiger partial charge in [-0.1, -0.05) is 0 Å². The number of fused-ring (bicyclic) bond motifs is 1. The second-order valence-electron chi connectivity index (χ2n) is 6.05. The highest BCUT2D eigenvalue weighted by molar-refractivity contribution is 7.60. The molecule has 2 aromatic rings. The molecule has 16 nitrogen and oxygen atoms in total.